The highest BCUT2D eigenvalue weighted by molar-refractivity contribution is 5.56. The van der Waals surface area contributed by atoms with Gasteiger partial charge in [0.15, 0.2) is 11.5 Å². The Balaban J connectivity index is 1.83. The second-order valence-electron chi connectivity index (χ2n) is 4.64. The first kappa shape index (κ1) is 12.8. The first-order valence-corrected chi connectivity index (χ1v) is 6.73. The number of hydrogen-bond acceptors (Lipinski definition) is 4. The smallest absolute Gasteiger partial charge is 0.203 e. The van der Waals surface area contributed by atoms with Crippen LogP contribution in [0.5, 0.6) is 17.2 Å². The summed E-state index contributed by atoms with van der Waals surface area (Å²) in [5.41, 5.74) is 2.42. The first-order chi connectivity index (χ1) is 9.88. The van der Waals surface area contributed by atoms with Gasteiger partial charge in [-0.3, -0.25) is 4.98 Å². The van der Waals surface area contributed by atoms with Crippen LogP contribution in [-0.4, -0.2) is 25.3 Å². The number of rotatable bonds is 4. The van der Waals surface area contributed by atoms with Crippen LogP contribution in [0.4, 0.5) is 0 Å². The summed E-state index contributed by atoms with van der Waals surface area (Å²) in [5.74, 6) is 2.28. The number of aromatic nitrogens is 1. The van der Waals surface area contributed by atoms with Gasteiger partial charge in [0.25, 0.3) is 0 Å². The van der Waals surface area contributed by atoms with Crippen molar-refractivity contribution in [2.45, 2.75) is 12.8 Å². The van der Waals surface area contributed by atoms with Gasteiger partial charge < -0.3 is 14.2 Å². The van der Waals surface area contributed by atoms with E-state index in [0.717, 1.165) is 35.7 Å². The summed E-state index contributed by atoms with van der Waals surface area (Å²) in [5, 5.41) is 0. The Morgan fingerprint density at radius 3 is 2.50 bits per heavy atom. The summed E-state index contributed by atoms with van der Waals surface area (Å²) in [7, 11) is 1.64. The van der Waals surface area contributed by atoms with Gasteiger partial charge in [-0.1, -0.05) is 6.07 Å². The minimum Gasteiger partial charge on any atom is -0.493 e. The molecule has 1 aliphatic heterocycles. The third kappa shape index (κ3) is 2.54. The monoisotopic (exact) mass is 271 g/mol. The number of fused-ring (bicyclic) bond motifs is 1. The molecule has 0 saturated carbocycles. The van der Waals surface area contributed by atoms with Crippen molar-refractivity contribution in [1.29, 1.82) is 0 Å². The van der Waals surface area contributed by atoms with Gasteiger partial charge >= 0.3 is 0 Å². The highest BCUT2D eigenvalue weighted by atomic mass is 16.6. The van der Waals surface area contributed by atoms with Gasteiger partial charge in [0, 0.05) is 12.4 Å². The van der Waals surface area contributed by atoms with E-state index < -0.39 is 0 Å². The number of ether oxygens (including phenoxy) is 3. The number of benzene rings is 1. The van der Waals surface area contributed by atoms with E-state index in [9.17, 15) is 0 Å². The summed E-state index contributed by atoms with van der Waals surface area (Å²) >= 11 is 0. The molecule has 20 heavy (non-hydrogen) atoms. The highest BCUT2D eigenvalue weighted by Crippen LogP contribution is 2.42. The molecule has 0 spiro atoms. The van der Waals surface area contributed by atoms with Crippen LogP contribution in [0.15, 0.2) is 36.7 Å². The van der Waals surface area contributed by atoms with Crippen molar-refractivity contribution in [3.8, 4) is 17.2 Å². The molecule has 2 heterocycles. The Hall–Kier alpha value is -2.23. The van der Waals surface area contributed by atoms with Gasteiger partial charge in [-0.15, -0.1) is 0 Å². The quantitative estimate of drug-likeness (QED) is 0.857. The summed E-state index contributed by atoms with van der Waals surface area (Å²) in [6, 6.07) is 8.06. The van der Waals surface area contributed by atoms with E-state index in [1.165, 1.54) is 5.56 Å². The molecule has 3 rings (SSSR count). The molecule has 1 aliphatic rings. The normalized spacial score (nSPS) is 13.1. The predicted octanol–water partition coefficient (Wildman–Crippen LogP) is 2.65. The second-order valence-corrected chi connectivity index (χ2v) is 4.64. The standard InChI is InChI=1S/C16H17NO3/c1-18-14-5-4-13(15-16(14)20-11-10-19-15)3-2-12-6-8-17-9-7-12/h4-9H,2-3,10-11H2,1H3. The lowest BCUT2D eigenvalue weighted by Gasteiger charge is -2.23. The number of methoxy groups -OCH3 is 1. The maximum Gasteiger partial charge on any atom is 0.203 e. The molecule has 0 saturated heterocycles. The molecular weight excluding hydrogens is 254 g/mol. The van der Waals surface area contributed by atoms with Crippen LogP contribution >= 0.6 is 0 Å². The molecule has 4 nitrogen and oxygen atoms in total. The van der Waals surface area contributed by atoms with E-state index in [-0.39, 0.29) is 0 Å². The fraction of sp³-hybridized carbons (Fsp3) is 0.312. The largest absolute Gasteiger partial charge is 0.493 e. The summed E-state index contributed by atoms with van der Waals surface area (Å²) in [6.07, 6.45) is 5.49. The van der Waals surface area contributed by atoms with E-state index in [1.807, 2.05) is 36.7 Å². The summed E-state index contributed by atoms with van der Waals surface area (Å²) in [6.45, 7) is 1.15. The molecule has 0 N–H and O–H groups in total. The van der Waals surface area contributed by atoms with Crippen molar-refractivity contribution >= 4 is 0 Å². The van der Waals surface area contributed by atoms with Gasteiger partial charge in [-0.25, -0.2) is 0 Å². The third-order valence-corrected chi connectivity index (χ3v) is 3.39. The molecule has 0 atom stereocenters. The third-order valence-electron chi connectivity index (χ3n) is 3.39. The lowest BCUT2D eigenvalue weighted by molar-refractivity contribution is 0.163. The van der Waals surface area contributed by atoms with Gasteiger partial charge in [0.05, 0.1) is 7.11 Å². The fourth-order valence-electron chi connectivity index (χ4n) is 2.35. The molecule has 0 aliphatic carbocycles. The van der Waals surface area contributed by atoms with E-state index in [2.05, 4.69) is 4.98 Å². The molecule has 2 aromatic rings. The van der Waals surface area contributed by atoms with Crippen LogP contribution in [0.25, 0.3) is 0 Å². The molecule has 1 aromatic carbocycles. The minimum atomic E-state index is 0.567. The van der Waals surface area contributed by atoms with Crippen LogP contribution < -0.4 is 14.2 Å². The van der Waals surface area contributed by atoms with Gasteiger partial charge in [0.1, 0.15) is 13.2 Å². The zero-order chi connectivity index (χ0) is 13.8. The minimum absolute atomic E-state index is 0.567. The van der Waals surface area contributed by atoms with E-state index in [1.54, 1.807) is 7.11 Å². The molecule has 0 fully saturated rings. The Kier molecular flexibility index (Phi) is 3.72. The number of nitrogens with zero attached hydrogens (tertiary/aromatic N) is 1. The molecule has 4 heteroatoms. The van der Waals surface area contributed by atoms with Crippen molar-refractivity contribution < 1.29 is 14.2 Å². The molecule has 1 aromatic heterocycles. The average molecular weight is 271 g/mol. The Morgan fingerprint density at radius 1 is 1.00 bits per heavy atom. The molecule has 104 valence electrons. The van der Waals surface area contributed by atoms with Crippen molar-refractivity contribution in [2.75, 3.05) is 20.3 Å². The number of pyridine rings is 1. The molecule has 0 amide bonds. The zero-order valence-corrected chi connectivity index (χ0v) is 11.5. The van der Waals surface area contributed by atoms with Crippen molar-refractivity contribution in [3.05, 3.63) is 47.8 Å². The van der Waals surface area contributed by atoms with Crippen LogP contribution in [0, 0.1) is 0 Å². The van der Waals surface area contributed by atoms with Crippen molar-refractivity contribution in [1.82, 2.24) is 4.98 Å². The summed E-state index contributed by atoms with van der Waals surface area (Å²) in [4.78, 5) is 4.03. The van der Waals surface area contributed by atoms with E-state index >= 15 is 0 Å². The molecule has 0 bridgehead atoms. The van der Waals surface area contributed by atoms with Crippen LogP contribution in [0.2, 0.25) is 0 Å². The Morgan fingerprint density at radius 2 is 1.75 bits per heavy atom. The first-order valence-electron chi connectivity index (χ1n) is 6.73. The van der Waals surface area contributed by atoms with E-state index in [0.29, 0.717) is 13.2 Å². The van der Waals surface area contributed by atoms with Gasteiger partial charge in [-0.05, 0) is 42.2 Å². The summed E-state index contributed by atoms with van der Waals surface area (Å²) < 4.78 is 16.8. The lowest BCUT2D eigenvalue weighted by Crippen LogP contribution is -2.17. The zero-order valence-electron chi connectivity index (χ0n) is 11.5. The molecule has 0 unspecified atom stereocenters. The SMILES string of the molecule is COc1ccc(CCc2ccncc2)c2c1OCCO2. The van der Waals surface area contributed by atoms with Crippen LogP contribution in [-0.2, 0) is 12.8 Å². The van der Waals surface area contributed by atoms with Crippen LogP contribution in [0.3, 0.4) is 0 Å². The maximum absolute atomic E-state index is 5.77. The number of hydrogen-bond donors (Lipinski definition) is 0. The van der Waals surface area contributed by atoms with Crippen molar-refractivity contribution in [3.63, 3.8) is 0 Å². The number of aryl methyl sites for hydroxylation is 2. The average Bonchev–Trinajstić information content (AvgIpc) is 2.53. The van der Waals surface area contributed by atoms with E-state index in [4.69, 9.17) is 14.2 Å². The predicted molar refractivity (Wildman–Crippen MR) is 75.6 cm³/mol. The topological polar surface area (TPSA) is 40.6 Å². The molecule has 0 radical (unpaired) electrons. The lowest BCUT2D eigenvalue weighted by atomic mass is 10.0. The van der Waals surface area contributed by atoms with Crippen molar-refractivity contribution in [2.24, 2.45) is 0 Å². The maximum atomic E-state index is 5.77. The van der Waals surface area contributed by atoms with Gasteiger partial charge in [-0.2, -0.15) is 0 Å². The Bertz CT molecular complexity index is 584. The molecular formula is C16H17NO3. The second kappa shape index (κ2) is 5.82. The highest BCUT2D eigenvalue weighted by Gasteiger charge is 2.20. The fourth-order valence-corrected chi connectivity index (χ4v) is 2.35. The Labute approximate surface area is 118 Å². The van der Waals surface area contributed by atoms with Gasteiger partial charge in [0.2, 0.25) is 5.75 Å². The van der Waals surface area contributed by atoms with Crippen LogP contribution in [0.1, 0.15) is 11.1 Å².